The highest BCUT2D eigenvalue weighted by Gasteiger charge is 2.27. The third-order valence-corrected chi connectivity index (χ3v) is 5.45. The minimum Gasteiger partial charge on any atom is -0.357 e. The first-order valence-corrected chi connectivity index (χ1v) is 10.3. The Kier molecular flexibility index (Phi) is 8.40. The van der Waals surface area contributed by atoms with Gasteiger partial charge in [0.1, 0.15) is 6.04 Å². The molecule has 1 atom stereocenters. The van der Waals surface area contributed by atoms with Crippen LogP contribution < -0.4 is 5.32 Å². The van der Waals surface area contributed by atoms with Crippen LogP contribution in [-0.2, 0) is 16.1 Å². The predicted molar refractivity (Wildman–Crippen MR) is 112 cm³/mol. The van der Waals surface area contributed by atoms with E-state index in [0.717, 1.165) is 10.5 Å². The summed E-state index contributed by atoms with van der Waals surface area (Å²) >= 11 is 1.66. The van der Waals surface area contributed by atoms with Gasteiger partial charge in [-0.25, -0.2) is 0 Å². The summed E-state index contributed by atoms with van der Waals surface area (Å²) in [4.78, 5) is 28.1. The molecule has 0 radical (unpaired) electrons. The summed E-state index contributed by atoms with van der Waals surface area (Å²) in [5, 5.41) is 2.69. The molecule has 0 aliphatic heterocycles. The summed E-state index contributed by atoms with van der Waals surface area (Å²) in [6, 6.07) is 17.7. The van der Waals surface area contributed by atoms with Gasteiger partial charge in [-0.3, -0.25) is 9.59 Å². The van der Waals surface area contributed by atoms with Gasteiger partial charge in [-0.15, -0.1) is 11.8 Å². The Labute approximate surface area is 166 Å². The Morgan fingerprint density at radius 3 is 2.33 bits per heavy atom. The third kappa shape index (κ3) is 6.43. The lowest BCUT2D eigenvalue weighted by molar-refractivity contribution is -0.140. The Hall–Kier alpha value is -2.27. The molecule has 0 saturated heterocycles. The van der Waals surface area contributed by atoms with E-state index < -0.39 is 6.04 Å². The highest BCUT2D eigenvalue weighted by molar-refractivity contribution is 7.99. The molecule has 1 N–H and O–H groups in total. The average molecular weight is 385 g/mol. The number of carbonyl (C=O) groups is 2. The van der Waals surface area contributed by atoms with E-state index in [1.165, 1.54) is 5.56 Å². The van der Waals surface area contributed by atoms with E-state index in [-0.39, 0.29) is 11.8 Å². The fourth-order valence-corrected chi connectivity index (χ4v) is 3.75. The molecule has 0 heterocycles. The quantitative estimate of drug-likeness (QED) is 0.664. The summed E-state index contributed by atoms with van der Waals surface area (Å²) in [6.45, 7) is 4.42. The first kappa shape index (κ1) is 21.0. The topological polar surface area (TPSA) is 49.4 Å². The van der Waals surface area contributed by atoms with Gasteiger partial charge in [-0.05, 0) is 31.0 Å². The standard InChI is InChI=1S/C22H28N2O2S/c1-4-20(22(26)23-3)24(16-18-12-10-17(2)11-13-18)21(25)14-15-27-19-8-6-5-7-9-19/h5-13,20H,4,14-16H2,1-3H3,(H,23,26)/t20-/m0/s1. The molecular formula is C22H28N2O2S. The molecule has 4 nitrogen and oxygen atoms in total. The number of rotatable bonds is 9. The van der Waals surface area contributed by atoms with E-state index in [0.29, 0.717) is 25.1 Å². The molecule has 0 fully saturated rings. The predicted octanol–water partition coefficient (Wildman–Crippen LogP) is 4.03. The van der Waals surface area contributed by atoms with Crippen molar-refractivity contribution in [1.29, 1.82) is 0 Å². The third-order valence-electron chi connectivity index (χ3n) is 4.43. The van der Waals surface area contributed by atoms with Crippen molar-refractivity contribution in [2.45, 2.75) is 44.2 Å². The van der Waals surface area contributed by atoms with Gasteiger partial charge in [0.05, 0.1) is 0 Å². The van der Waals surface area contributed by atoms with Gasteiger partial charge in [0, 0.05) is 30.7 Å². The van der Waals surface area contributed by atoms with Gasteiger partial charge in [-0.1, -0.05) is 55.0 Å². The largest absolute Gasteiger partial charge is 0.357 e. The zero-order valence-electron chi connectivity index (χ0n) is 16.3. The van der Waals surface area contributed by atoms with Crippen LogP contribution in [0.1, 0.15) is 30.9 Å². The van der Waals surface area contributed by atoms with Crippen LogP contribution in [0.25, 0.3) is 0 Å². The van der Waals surface area contributed by atoms with Crippen LogP contribution in [0, 0.1) is 6.92 Å². The van der Waals surface area contributed by atoms with E-state index >= 15 is 0 Å². The fraction of sp³-hybridized carbons (Fsp3) is 0.364. The van der Waals surface area contributed by atoms with E-state index in [4.69, 9.17) is 0 Å². The summed E-state index contributed by atoms with van der Waals surface area (Å²) in [6.07, 6.45) is 0.988. The van der Waals surface area contributed by atoms with E-state index in [9.17, 15) is 9.59 Å². The Bertz CT molecular complexity index is 732. The maximum atomic E-state index is 13.0. The average Bonchev–Trinajstić information content (AvgIpc) is 2.69. The van der Waals surface area contributed by atoms with Crippen molar-refractivity contribution in [3.63, 3.8) is 0 Å². The molecule has 0 unspecified atom stereocenters. The second-order valence-electron chi connectivity index (χ2n) is 6.46. The lowest BCUT2D eigenvalue weighted by Gasteiger charge is -2.30. The molecule has 0 aliphatic carbocycles. The minimum atomic E-state index is -0.453. The lowest BCUT2D eigenvalue weighted by atomic mass is 10.1. The normalized spacial score (nSPS) is 11.7. The SMILES string of the molecule is CC[C@@H](C(=O)NC)N(Cc1ccc(C)cc1)C(=O)CCSc1ccccc1. The number of aryl methyl sites for hydroxylation is 1. The highest BCUT2D eigenvalue weighted by Crippen LogP contribution is 2.20. The van der Waals surface area contributed by atoms with Crippen molar-refractivity contribution < 1.29 is 9.59 Å². The molecule has 2 amide bonds. The number of benzene rings is 2. The monoisotopic (exact) mass is 384 g/mol. The van der Waals surface area contributed by atoms with Gasteiger partial charge in [0.25, 0.3) is 0 Å². The molecule has 0 aliphatic rings. The van der Waals surface area contributed by atoms with Crippen LogP contribution in [0.4, 0.5) is 0 Å². The van der Waals surface area contributed by atoms with Crippen molar-refractivity contribution in [1.82, 2.24) is 10.2 Å². The smallest absolute Gasteiger partial charge is 0.242 e. The molecule has 2 rings (SSSR count). The van der Waals surface area contributed by atoms with Crippen molar-refractivity contribution in [3.8, 4) is 0 Å². The van der Waals surface area contributed by atoms with Crippen molar-refractivity contribution in [2.75, 3.05) is 12.8 Å². The Morgan fingerprint density at radius 2 is 1.74 bits per heavy atom. The van der Waals surface area contributed by atoms with Crippen molar-refractivity contribution in [3.05, 3.63) is 65.7 Å². The minimum absolute atomic E-state index is 0.00876. The summed E-state index contributed by atoms with van der Waals surface area (Å²) in [5.41, 5.74) is 2.21. The van der Waals surface area contributed by atoms with E-state index in [2.05, 4.69) is 5.32 Å². The number of thioether (sulfide) groups is 1. The number of amides is 2. The Morgan fingerprint density at radius 1 is 1.07 bits per heavy atom. The molecule has 144 valence electrons. The zero-order valence-corrected chi connectivity index (χ0v) is 17.1. The van der Waals surface area contributed by atoms with Crippen molar-refractivity contribution >= 4 is 23.6 Å². The Balaban J connectivity index is 2.08. The van der Waals surface area contributed by atoms with Gasteiger partial charge in [0.15, 0.2) is 0 Å². The molecule has 0 bridgehead atoms. The second-order valence-corrected chi connectivity index (χ2v) is 7.63. The van der Waals surface area contributed by atoms with Crippen LogP contribution in [0.15, 0.2) is 59.5 Å². The van der Waals surface area contributed by atoms with Crippen LogP contribution >= 0.6 is 11.8 Å². The summed E-state index contributed by atoms with van der Waals surface area (Å²) < 4.78 is 0. The van der Waals surface area contributed by atoms with Crippen LogP contribution in [0.2, 0.25) is 0 Å². The highest BCUT2D eigenvalue weighted by atomic mass is 32.2. The lowest BCUT2D eigenvalue weighted by Crippen LogP contribution is -2.48. The molecular weight excluding hydrogens is 356 g/mol. The first-order chi connectivity index (χ1) is 13.0. The van der Waals surface area contributed by atoms with Gasteiger partial charge < -0.3 is 10.2 Å². The summed E-state index contributed by atoms with van der Waals surface area (Å²) in [5.74, 6) is 0.584. The number of nitrogens with zero attached hydrogens (tertiary/aromatic N) is 1. The van der Waals surface area contributed by atoms with E-state index in [1.807, 2.05) is 68.4 Å². The second kappa shape index (κ2) is 10.8. The molecule has 2 aromatic carbocycles. The summed E-state index contributed by atoms with van der Waals surface area (Å²) in [7, 11) is 1.62. The number of hydrogen-bond acceptors (Lipinski definition) is 3. The van der Waals surface area contributed by atoms with E-state index in [1.54, 1.807) is 23.7 Å². The van der Waals surface area contributed by atoms with Gasteiger partial charge >= 0.3 is 0 Å². The number of likely N-dealkylation sites (N-methyl/N-ethyl adjacent to an activating group) is 1. The van der Waals surface area contributed by atoms with Crippen LogP contribution in [0.3, 0.4) is 0 Å². The zero-order chi connectivity index (χ0) is 19.6. The number of nitrogens with one attached hydrogen (secondary N) is 1. The number of carbonyl (C=O) groups excluding carboxylic acids is 2. The van der Waals surface area contributed by atoms with Gasteiger partial charge in [0.2, 0.25) is 11.8 Å². The fourth-order valence-electron chi connectivity index (χ4n) is 2.89. The number of hydrogen-bond donors (Lipinski definition) is 1. The molecule has 0 aromatic heterocycles. The molecule has 0 spiro atoms. The van der Waals surface area contributed by atoms with Crippen molar-refractivity contribution in [2.24, 2.45) is 0 Å². The first-order valence-electron chi connectivity index (χ1n) is 9.29. The van der Waals surface area contributed by atoms with Crippen LogP contribution in [0.5, 0.6) is 0 Å². The van der Waals surface area contributed by atoms with Gasteiger partial charge in [-0.2, -0.15) is 0 Å². The maximum absolute atomic E-state index is 13.0. The molecule has 5 heteroatoms. The molecule has 0 saturated carbocycles. The van der Waals surface area contributed by atoms with Crippen LogP contribution in [-0.4, -0.2) is 35.6 Å². The molecule has 27 heavy (non-hydrogen) atoms. The maximum Gasteiger partial charge on any atom is 0.242 e. The molecule has 2 aromatic rings.